The molecular formula is C27H29N3OSi. The Morgan fingerprint density at radius 3 is 1.56 bits per heavy atom. The quantitative estimate of drug-likeness (QED) is 0.383. The summed E-state index contributed by atoms with van der Waals surface area (Å²) in [5.41, 5.74) is 4.35. The van der Waals surface area contributed by atoms with Crippen LogP contribution < -0.4 is 9.33 Å². The van der Waals surface area contributed by atoms with Gasteiger partial charge in [-0.2, -0.15) is 10.5 Å². The molecule has 0 saturated heterocycles. The van der Waals surface area contributed by atoms with E-state index in [-0.39, 0.29) is 5.04 Å². The highest BCUT2D eigenvalue weighted by Crippen LogP contribution is 2.37. The molecule has 0 amide bonds. The largest absolute Gasteiger partial charge is 0.544 e. The van der Waals surface area contributed by atoms with Crippen molar-refractivity contribution in [1.82, 2.24) is 0 Å². The van der Waals surface area contributed by atoms with E-state index in [4.69, 9.17) is 14.9 Å². The van der Waals surface area contributed by atoms with Crippen molar-refractivity contribution in [2.45, 2.75) is 45.4 Å². The van der Waals surface area contributed by atoms with E-state index in [1.165, 1.54) is 0 Å². The molecule has 0 heterocycles. The van der Waals surface area contributed by atoms with Gasteiger partial charge in [0.2, 0.25) is 8.32 Å². The van der Waals surface area contributed by atoms with E-state index in [2.05, 4.69) is 63.0 Å². The van der Waals surface area contributed by atoms with E-state index in [9.17, 15) is 0 Å². The maximum Gasteiger partial charge on any atom is 0.250 e. The Labute approximate surface area is 192 Å². The van der Waals surface area contributed by atoms with Crippen LogP contribution in [0.3, 0.4) is 0 Å². The summed E-state index contributed by atoms with van der Waals surface area (Å²) in [5.74, 6) is 0.906. The molecule has 0 aliphatic carbocycles. The highest BCUT2D eigenvalue weighted by Gasteiger charge is 2.38. The van der Waals surface area contributed by atoms with Crippen molar-refractivity contribution in [2.75, 3.05) is 4.90 Å². The molecule has 162 valence electrons. The average molecular weight is 440 g/mol. The van der Waals surface area contributed by atoms with E-state index in [0.29, 0.717) is 17.7 Å². The number of benzene rings is 3. The summed E-state index contributed by atoms with van der Waals surface area (Å²) in [6.07, 6.45) is 0. The van der Waals surface area contributed by atoms with Gasteiger partial charge in [-0.15, -0.1) is 0 Å². The molecule has 3 aromatic rings. The minimum absolute atomic E-state index is 0.146. The van der Waals surface area contributed by atoms with Gasteiger partial charge < -0.3 is 9.33 Å². The highest BCUT2D eigenvalue weighted by molar-refractivity contribution is 6.74. The van der Waals surface area contributed by atoms with Crippen LogP contribution in [0, 0.1) is 22.7 Å². The molecular weight excluding hydrogens is 410 g/mol. The fraction of sp³-hybridized carbons (Fsp3) is 0.259. The summed E-state index contributed by atoms with van der Waals surface area (Å²) in [5, 5.41) is 18.4. The first kappa shape index (κ1) is 23.1. The van der Waals surface area contributed by atoms with Gasteiger partial charge in [0, 0.05) is 17.9 Å². The van der Waals surface area contributed by atoms with E-state index >= 15 is 0 Å². The van der Waals surface area contributed by atoms with E-state index in [1.54, 1.807) is 0 Å². The Hall–Kier alpha value is -3.54. The predicted octanol–water partition coefficient (Wildman–Crippen LogP) is 7.15. The molecule has 3 rings (SSSR count). The van der Waals surface area contributed by atoms with Gasteiger partial charge in [0.05, 0.1) is 23.3 Å². The second-order valence-corrected chi connectivity index (χ2v) is 14.1. The third kappa shape index (κ3) is 5.38. The lowest BCUT2D eigenvalue weighted by atomic mass is 10.1. The van der Waals surface area contributed by atoms with Gasteiger partial charge in [0.15, 0.2) is 0 Å². The Balaban J connectivity index is 1.87. The van der Waals surface area contributed by atoms with Crippen molar-refractivity contribution in [2.24, 2.45) is 0 Å². The van der Waals surface area contributed by atoms with Gasteiger partial charge in [-0.05, 0) is 84.4 Å². The van der Waals surface area contributed by atoms with Crippen LogP contribution in [0.4, 0.5) is 11.4 Å². The topological polar surface area (TPSA) is 60.0 Å². The van der Waals surface area contributed by atoms with Crippen molar-refractivity contribution < 1.29 is 4.43 Å². The number of rotatable bonds is 6. The van der Waals surface area contributed by atoms with Crippen LogP contribution >= 0.6 is 0 Å². The molecule has 0 radical (unpaired) electrons. The molecule has 0 unspecified atom stereocenters. The second kappa shape index (κ2) is 9.30. The number of hydrogen-bond acceptors (Lipinski definition) is 4. The molecule has 0 bridgehead atoms. The maximum absolute atomic E-state index is 9.13. The Kier molecular flexibility index (Phi) is 6.72. The van der Waals surface area contributed by atoms with Crippen molar-refractivity contribution in [3.05, 3.63) is 89.5 Å². The number of anilines is 2. The molecule has 3 aromatic carbocycles. The van der Waals surface area contributed by atoms with Crippen molar-refractivity contribution in [1.29, 1.82) is 10.5 Å². The van der Waals surface area contributed by atoms with E-state index in [0.717, 1.165) is 22.7 Å². The van der Waals surface area contributed by atoms with E-state index in [1.807, 2.05) is 60.7 Å². The van der Waals surface area contributed by atoms with Crippen LogP contribution in [0.1, 0.15) is 37.5 Å². The third-order valence-corrected chi connectivity index (χ3v) is 10.4. The molecule has 0 atom stereocenters. The maximum atomic E-state index is 9.13. The van der Waals surface area contributed by atoms with Crippen molar-refractivity contribution >= 4 is 19.7 Å². The summed E-state index contributed by atoms with van der Waals surface area (Å²) < 4.78 is 6.41. The summed E-state index contributed by atoms with van der Waals surface area (Å²) in [4.78, 5) is 2.17. The monoisotopic (exact) mass is 439 g/mol. The summed E-state index contributed by atoms with van der Waals surface area (Å²) in [7, 11) is -1.88. The fourth-order valence-corrected chi connectivity index (χ4v) is 4.09. The molecule has 0 saturated carbocycles. The second-order valence-electron chi connectivity index (χ2n) is 9.41. The van der Waals surface area contributed by atoms with Crippen LogP contribution in [-0.2, 0) is 6.54 Å². The Morgan fingerprint density at radius 1 is 0.750 bits per heavy atom. The van der Waals surface area contributed by atoms with Gasteiger partial charge in [-0.25, -0.2) is 0 Å². The van der Waals surface area contributed by atoms with Crippen molar-refractivity contribution in [3.8, 4) is 17.9 Å². The molecule has 32 heavy (non-hydrogen) atoms. The molecule has 0 aromatic heterocycles. The number of nitrogens with zero attached hydrogens (tertiary/aromatic N) is 3. The molecule has 4 nitrogen and oxygen atoms in total. The summed E-state index contributed by atoms with van der Waals surface area (Å²) in [6.45, 7) is 11.9. The lowest BCUT2D eigenvalue weighted by molar-refractivity contribution is 0.492. The normalized spacial score (nSPS) is 11.3. The molecule has 0 spiro atoms. The van der Waals surface area contributed by atoms with Gasteiger partial charge in [0.25, 0.3) is 0 Å². The lowest BCUT2D eigenvalue weighted by Gasteiger charge is -2.36. The van der Waals surface area contributed by atoms with Crippen LogP contribution in [-0.4, -0.2) is 8.32 Å². The van der Waals surface area contributed by atoms with Gasteiger partial charge in [-0.3, -0.25) is 0 Å². The van der Waals surface area contributed by atoms with E-state index < -0.39 is 8.32 Å². The summed E-state index contributed by atoms with van der Waals surface area (Å²) >= 11 is 0. The SMILES string of the molecule is CC(C)(C)[Si](C)(C)Oc1ccc(CN(c2ccc(C#N)cc2)c2ccc(C#N)cc2)cc1. The first-order valence-corrected chi connectivity index (χ1v) is 13.6. The minimum Gasteiger partial charge on any atom is -0.544 e. The van der Waals surface area contributed by atoms with Gasteiger partial charge in [-0.1, -0.05) is 32.9 Å². The van der Waals surface area contributed by atoms with Crippen LogP contribution in [0.2, 0.25) is 18.1 Å². The smallest absolute Gasteiger partial charge is 0.250 e. The van der Waals surface area contributed by atoms with Crippen molar-refractivity contribution in [3.63, 3.8) is 0 Å². The Morgan fingerprint density at radius 2 is 1.19 bits per heavy atom. The zero-order chi connectivity index (χ0) is 23.4. The van der Waals surface area contributed by atoms with Crippen LogP contribution in [0.5, 0.6) is 5.75 Å². The fourth-order valence-electron chi connectivity index (χ4n) is 3.06. The lowest BCUT2D eigenvalue weighted by Crippen LogP contribution is -2.43. The molecule has 0 N–H and O–H groups in total. The van der Waals surface area contributed by atoms with Gasteiger partial charge >= 0.3 is 0 Å². The highest BCUT2D eigenvalue weighted by atomic mass is 28.4. The predicted molar refractivity (Wildman–Crippen MR) is 132 cm³/mol. The zero-order valence-corrected chi connectivity index (χ0v) is 20.4. The Bertz CT molecular complexity index is 1070. The average Bonchev–Trinajstić information content (AvgIpc) is 2.78. The molecule has 0 fully saturated rings. The number of nitriles is 2. The van der Waals surface area contributed by atoms with Gasteiger partial charge in [0.1, 0.15) is 5.75 Å². The first-order chi connectivity index (χ1) is 15.1. The third-order valence-electron chi connectivity index (χ3n) is 6.06. The molecule has 0 aliphatic rings. The van der Waals surface area contributed by atoms with Crippen LogP contribution in [0.15, 0.2) is 72.8 Å². The minimum atomic E-state index is -1.88. The number of hydrogen-bond donors (Lipinski definition) is 0. The molecule has 5 heteroatoms. The standard InChI is InChI=1S/C27H29N3OSi/c1-27(2,3)32(4,5)31-26-16-10-23(11-17-26)20-30(24-12-6-21(18-28)7-13-24)25-14-8-22(19-29)9-15-25/h6-17H,20H2,1-5H3. The first-order valence-electron chi connectivity index (χ1n) is 10.7. The molecule has 0 aliphatic heterocycles. The van der Waals surface area contributed by atoms with Crippen LogP contribution in [0.25, 0.3) is 0 Å². The zero-order valence-electron chi connectivity index (χ0n) is 19.4. The summed E-state index contributed by atoms with van der Waals surface area (Å²) in [6, 6.07) is 27.7.